The average Bonchev–Trinajstić information content (AvgIpc) is 1.83. The number of nitrogens with one attached hydrogen (secondary N) is 2. The van der Waals surface area contributed by atoms with Gasteiger partial charge in [-0.2, -0.15) is 0 Å². The molecule has 0 saturated carbocycles. The molecule has 0 heterocycles. The minimum atomic E-state index is -0.264. The van der Waals surface area contributed by atoms with E-state index >= 15 is 0 Å². The van der Waals surface area contributed by atoms with Crippen molar-refractivity contribution in [1.82, 2.24) is 10.6 Å². The zero-order valence-corrected chi connectivity index (χ0v) is 7.97. The second-order valence-corrected chi connectivity index (χ2v) is 3.12. The molecule has 2 amide bonds. The largest absolute Gasteiger partial charge is 0.336 e. The van der Waals surface area contributed by atoms with E-state index in [4.69, 9.17) is 0 Å². The summed E-state index contributed by atoms with van der Waals surface area (Å²) in [7, 11) is 0. The predicted octanol–water partition coefficient (Wildman–Crippen LogP) is 0.241. The van der Waals surface area contributed by atoms with Crippen LogP contribution < -0.4 is 10.6 Å². The minimum absolute atomic E-state index is 0.137. The summed E-state index contributed by atoms with van der Waals surface area (Å²) in [4.78, 5) is 21.4. The van der Waals surface area contributed by atoms with Crippen molar-refractivity contribution >= 4 is 11.8 Å². The molecule has 0 saturated heterocycles. The van der Waals surface area contributed by atoms with Crippen LogP contribution in [0.1, 0.15) is 27.7 Å². The summed E-state index contributed by atoms with van der Waals surface area (Å²) in [5, 5.41) is 5.28. The Morgan fingerprint density at radius 2 is 1.33 bits per heavy atom. The Kier molecular flexibility index (Phi) is 4.33. The summed E-state index contributed by atoms with van der Waals surface area (Å²) in [6.45, 7) is 6.71. The Morgan fingerprint density at radius 3 is 1.50 bits per heavy atom. The lowest BCUT2D eigenvalue weighted by Crippen LogP contribution is -2.49. The highest BCUT2D eigenvalue weighted by molar-refractivity contribution is 5.76. The van der Waals surface area contributed by atoms with Crippen LogP contribution in [0.4, 0.5) is 0 Å². The van der Waals surface area contributed by atoms with Gasteiger partial charge in [0.1, 0.15) is 6.17 Å². The number of hydrogen-bond acceptors (Lipinski definition) is 2. The third-order valence-corrected chi connectivity index (χ3v) is 1.38. The van der Waals surface area contributed by atoms with E-state index < -0.39 is 0 Å². The average molecular weight is 172 g/mol. The first kappa shape index (κ1) is 10.9. The van der Waals surface area contributed by atoms with Crippen LogP contribution in [-0.4, -0.2) is 18.0 Å². The second kappa shape index (κ2) is 4.74. The highest BCUT2D eigenvalue weighted by Gasteiger charge is 2.14. The van der Waals surface area contributed by atoms with E-state index in [0.717, 1.165) is 0 Å². The van der Waals surface area contributed by atoms with Crippen molar-refractivity contribution in [3.63, 3.8) is 0 Å². The maximum absolute atomic E-state index is 10.7. The predicted molar refractivity (Wildman–Crippen MR) is 46.3 cm³/mol. The van der Waals surface area contributed by atoms with Crippen LogP contribution in [0, 0.1) is 5.92 Å². The Labute approximate surface area is 72.7 Å². The van der Waals surface area contributed by atoms with Crippen LogP contribution in [0.25, 0.3) is 0 Å². The van der Waals surface area contributed by atoms with Gasteiger partial charge in [-0.15, -0.1) is 0 Å². The molecule has 0 bridgehead atoms. The van der Waals surface area contributed by atoms with Crippen LogP contribution in [0.5, 0.6) is 0 Å². The summed E-state index contributed by atoms with van der Waals surface area (Å²) in [5.74, 6) is -0.0808. The van der Waals surface area contributed by atoms with Gasteiger partial charge in [0.05, 0.1) is 0 Å². The number of carbonyl (C=O) groups is 2. The van der Waals surface area contributed by atoms with Crippen molar-refractivity contribution in [2.24, 2.45) is 5.92 Å². The molecule has 0 atom stereocenters. The maximum atomic E-state index is 10.7. The molecule has 0 aliphatic carbocycles. The highest BCUT2D eigenvalue weighted by Crippen LogP contribution is 1.97. The number of amides is 2. The first-order valence-electron chi connectivity index (χ1n) is 3.97. The van der Waals surface area contributed by atoms with Crippen LogP contribution in [0.3, 0.4) is 0 Å². The lowest BCUT2D eigenvalue weighted by Gasteiger charge is -2.21. The molecule has 0 aromatic heterocycles. The third kappa shape index (κ3) is 4.71. The summed E-state index contributed by atoms with van der Waals surface area (Å²) in [6, 6.07) is 0. The van der Waals surface area contributed by atoms with E-state index in [1.165, 1.54) is 13.8 Å². The van der Waals surface area contributed by atoms with Crippen molar-refractivity contribution in [3.05, 3.63) is 0 Å². The molecule has 0 aromatic rings. The Bertz CT molecular complexity index is 162. The molecule has 12 heavy (non-hydrogen) atoms. The van der Waals surface area contributed by atoms with E-state index in [1.807, 2.05) is 13.8 Å². The highest BCUT2D eigenvalue weighted by atomic mass is 16.2. The zero-order valence-electron chi connectivity index (χ0n) is 7.97. The van der Waals surface area contributed by atoms with Crippen molar-refractivity contribution < 1.29 is 9.59 Å². The molecule has 4 nitrogen and oxygen atoms in total. The molecule has 0 rings (SSSR count). The summed E-state index contributed by atoms with van der Waals surface area (Å²) >= 11 is 0. The van der Waals surface area contributed by atoms with Gasteiger partial charge in [0.2, 0.25) is 11.8 Å². The van der Waals surface area contributed by atoms with E-state index in [2.05, 4.69) is 10.6 Å². The van der Waals surface area contributed by atoms with Gasteiger partial charge < -0.3 is 10.6 Å². The van der Waals surface area contributed by atoms with Crippen molar-refractivity contribution in [2.45, 2.75) is 33.9 Å². The Balaban J connectivity index is 4.04. The maximum Gasteiger partial charge on any atom is 0.218 e. The molecule has 0 unspecified atom stereocenters. The fourth-order valence-electron chi connectivity index (χ4n) is 0.807. The van der Waals surface area contributed by atoms with Crippen molar-refractivity contribution in [3.8, 4) is 0 Å². The lowest BCUT2D eigenvalue weighted by molar-refractivity contribution is -0.122. The molecule has 0 aromatic carbocycles. The van der Waals surface area contributed by atoms with Gasteiger partial charge in [-0.1, -0.05) is 13.8 Å². The molecule has 0 spiro atoms. The van der Waals surface area contributed by atoms with E-state index in [1.54, 1.807) is 0 Å². The molecular weight excluding hydrogens is 156 g/mol. The Morgan fingerprint density at radius 1 is 1.00 bits per heavy atom. The van der Waals surface area contributed by atoms with Gasteiger partial charge in [-0.25, -0.2) is 0 Å². The monoisotopic (exact) mass is 172 g/mol. The standard InChI is InChI=1S/C8H16N2O2/c1-5(2)8(9-6(3)11)10-7(4)12/h5,8H,1-4H3,(H,9,11)(H,10,12). The van der Waals surface area contributed by atoms with Crippen LogP contribution in [0.2, 0.25) is 0 Å². The molecule has 0 aliphatic rings. The second-order valence-electron chi connectivity index (χ2n) is 3.12. The van der Waals surface area contributed by atoms with E-state index in [0.29, 0.717) is 0 Å². The topological polar surface area (TPSA) is 58.2 Å². The fourth-order valence-corrected chi connectivity index (χ4v) is 0.807. The van der Waals surface area contributed by atoms with Crippen LogP contribution >= 0.6 is 0 Å². The normalized spacial score (nSPS) is 10.2. The SMILES string of the molecule is CC(=O)NC(NC(C)=O)C(C)C. The first-order valence-corrected chi connectivity index (χ1v) is 3.97. The fraction of sp³-hybridized carbons (Fsp3) is 0.750. The zero-order chi connectivity index (χ0) is 9.72. The summed E-state index contributed by atoms with van der Waals surface area (Å²) in [5.41, 5.74) is 0. The molecule has 0 radical (unpaired) electrons. The van der Waals surface area contributed by atoms with Crippen LogP contribution in [0.15, 0.2) is 0 Å². The van der Waals surface area contributed by atoms with Gasteiger partial charge in [0.15, 0.2) is 0 Å². The molecule has 0 fully saturated rings. The quantitative estimate of drug-likeness (QED) is 0.599. The number of hydrogen-bond donors (Lipinski definition) is 2. The smallest absolute Gasteiger partial charge is 0.218 e. The molecule has 70 valence electrons. The minimum Gasteiger partial charge on any atom is -0.336 e. The van der Waals surface area contributed by atoms with Crippen LogP contribution in [-0.2, 0) is 9.59 Å². The lowest BCUT2D eigenvalue weighted by atomic mass is 10.1. The third-order valence-electron chi connectivity index (χ3n) is 1.38. The van der Waals surface area contributed by atoms with Crippen molar-refractivity contribution in [1.29, 1.82) is 0 Å². The summed E-state index contributed by atoms with van der Waals surface area (Å²) < 4.78 is 0. The van der Waals surface area contributed by atoms with Gasteiger partial charge >= 0.3 is 0 Å². The summed E-state index contributed by atoms with van der Waals surface area (Å²) in [6.07, 6.45) is -0.264. The van der Waals surface area contributed by atoms with E-state index in [-0.39, 0.29) is 23.9 Å². The Hall–Kier alpha value is -1.06. The molecule has 2 N–H and O–H groups in total. The molecule has 0 aliphatic heterocycles. The van der Waals surface area contributed by atoms with Gasteiger partial charge in [0.25, 0.3) is 0 Å². The molecular formula is C8H16N2O2. The number of rotatable bonds is 3. The van der Waals surface area contributed by atoms with E-state index in [9.17, 15) is 9.59 Å². The van der Waals surface area contributed by atoms with Gasteiger partial charge in [-0.3, -0.25) is 9.59 Å². The van der Waals surface area contributed by atoms with Crippen molar-refractivity contribution in [2.75, 3.05) is 0 Å². The first-order chi connectivity index (χ1) is 5.43. The number of carbonyl (C=O) groups excluding carboxylic acids is 2. The van der Waals surface area contributed by atoms with Gasteiger partial charge in [-0.05, 0) is 5.92 Å². The molecule has 4 heteroatoms. The van der Waals surface area contributed by atoms with Gasteiger partial charge in [0, 0.05) is 13.8 Å².